The number of hydrogen-bond donors (Lipinski definition) is 0. The van der Waals surface area contributed by atoms with Gasteiger partial charge in [-0.05, 0) is 25.2 Å². The first-order valence-electron chi connectivity index (χ1n) is 7.84. The number of imidazole rings is 1. The van der Waals surface area contributed by atoms with E-state index in [2.05, 4.69) is 18.1 Å². The molecule has 0 spiro atoms. The minimum Gasteiger partial charge on any atom is -0.541 e. The minimum atomic E-state index is -0.860. The van der Waals surface area contributed by atoms with Crippen molar-refractivity contribution in [3.8, 4) is 5.75 Å². The summed E-state index contributed by atoms with van der Waals surface area (Å²) in [5.74, 6) is 1.65. The van der Waals surface area contributed by atoms with E-state index in [1.165, 1.54) is 0 Å². The fraction of sp³-hybridized carbons (Fsp3) is 0.158. The molecule has 0 saturated carbocycles. The van der Waals surface area contributed by atoms with Crippen LogP contribution in [0.5, 0.6) is 5.75 Å². The quantitative estimate of drug-likeness (QED) is 0.518. The molecule has 3 rings (SSSR count). The molecule has 121 valence electrons. The second-order valence-corrected chi connectivity index (χ2v) is 7.69. The van der Waals surface area contributed by atoms with Gasteiger partial charge in [0.15, 0.2) is 5.82 Å². The summed E-state index contributed by atoms with van der Waals surface area (Å²) in [5, 5.41) is 0. The Balaban J connectivity index is 2.14. The number of benzene rings is 2. The van der Waals surface area contributed by atoms with Crippen LogP contribution in [-0.2, 0) is 7.05 Å². The van der Waals surface area contributed by atoms with E-state index in [1.54, 1.807) is 6.20 Å². The van der Waals surface area contributed by atoms with Crippen LogP contribution in [0.4, 0.5) is 5.69 Å². The molecule has 0 atom stereocenters. The maximum Gasteiger partial charge on any atom is 0.274 e. The van der Waals surface area contributed by atoms with Crippen LogP contribution < -0.4 is 4.43 Å². The lowest BCUT2D eigenvalue weighted by Gasteiger charge is -2.13. The van der Waals surface area contributed by atoms with Crippen LogP contribution in [0.2, 0.25) is 13.1 Å². The van der Waals surface area contributed by atoms with Gasteiger partial charge in [-0.2, -0.15) is 0 Å². The third-order valence-corrected chi connectivity index (χ3v) is 4.12. The molecular weight excluding hydrogens is 314 g/mol. The number of aromatic nitrogens is 2. The topological polar surface area (TPSA) is 39.4 Å². The second kappa shape index (κ2) is 7.27. The Labute approximate surface area is 144 Å². The summed E-state index contributed by atoms with van der Waals surface area (Å²) in [4.78, 5) is 9.39. The van der Waals surface area contributed by atoms with Gasteiger partial charge in [0, 0.05) is 25.0 Å². The summed E-state index contributed by atoms with van der Waals surface area (Å²) >= 11 is 0. The van der Waals surface area contributed by atoms with Gasteiger partial charge in [-0.3, -0.25) is 0 Å². The smallest absolute Gasteiger partial charge is 0.274 e. The maximum absolute atomic E-state index is 6.00. The van der Waals surface area contributed by atoms with E-state index in [0.29, 0.717) is 0 Å². The van der Waals surface area contributed by atoms with Crippen LogP contribution in [0.15, 0.2) is 72.0 Å². The lowest BCUT2D eigenvalue weighted by molar-refractivity contribution is 0.582. The fourth-order valence-electron chi connectivity index (χ4n) is 2.41. The zero-order chi connectivity index (χ0) is 16.9. The van der Waals surface area contributed by atoms with Gasteiger partial charge >= 0.3 is 0 Å². The molecule has 2 aromatic carbocycles. The van der Waals surface area contributed by atoms with Gasteiger partial charge in [0.1, 0.15) is 17.1 Å². The molecule has 1 aromatic heterocycles. The first-order chi connectivity index (χ1) is 11.6. The number of rotatable bonds is 5. The van der Waals surface area contributed by atoms with E-state index in [1.807, 2.05) is 72.4 Å². The van der Waals surface area contributed by atoms with Crippen molar-refractivity contribution in [2.75, 3.05) is 0 Å². The van der Waals surface area contributed by atoms with Crippen molar-refractivity contribution in [2.45, 2.75) is 13.1 Å². The summed E-state index contributed by atoms with van der Waals surface area (Å²) in [6, 6.07) is 18.0. The molecule has 0 aliphatic heterocycles. The summed E-state index contributed by atoms with van der Waals surface area (Å²) in [6.07, 6.45) is 3.71. The number of hydrogen-bond acceptors (Lipinski definition) is 3. The highest BCUT2D eigenvalue weighted by atomic mass is 28.3. The summed E-state index contributed by atoms with van der Waals surface area (Å²) in [5.41, 5.74) is 2.69. The molecule has 1 radical (unpaired) electrons. The highest BCUT2D eigenvalue weighted by Crippen LogP contribution is 2.29. The zero-order valence-corrected chi connectivity index (χ0v) is 15.1. The lowest BCUT2D eigenvalue weighted by Crippen LogP contribution is -2.12. The molecule has 5 heteroatoms. The Hall–Kier alpha value is -2.66. The lowest BCUT2D eigenvalue weighted by atomic mass is 10.1. The Morgan fingerprint density at radius 3 is 2.42 bits per heavy atom. The van der Waals surface area contributed by atoms with Crippen molar-refractivity contribution in [2.24, 2.45) is 12.0 Å². The van der Waals surface area contributed by atoms with E-state index >= 15 is 0 Å². The predicted molar refractivity (Wildman–Crippen MR) is 99.5 cm³/mol. The van der Waals surface area contributed by atoms with E-state index in [-0.39, 0.29) is 0 Å². The molecule has 0 aliphatic carbocycles. The molecule has 1 heterocycles. The van der Waals surface area contributed by atoms with E-state index < -0.39 is 9.04 Å². The highest BCUT2D eigenvalue weighted by molar-refractivity contribution is 6.49. The number of aliphatic imine (C=N–C) groups is 1. The average molecular weight is 334 g/mol. The maximum atomic E-state index is 6.00. The number of aryl methyl sites for hydroxylation is 1. The van der Waals surface area contributed by atoms with Crippen molar-refractivity contribution in [3.05, 3.63) is 78.4 Å². The van der Waals surface area contributed by atoms with Gasteiger partial charge < -0.3 is 8.99 Å². The van der Waals surface area contributed by atoms with Gasteiger partial charge in [0.05, 0.1) is 0 Å². The van der Waals surface area contributed by atoms with Crippen molar-refractivity contribution in [1.29, 1.82) is 0 Å². The molecule has 4 nitrogen and oxygen atoms in total. The van der Waals surface area contributed by atoms with E-state index in [9.17, 15) is 0 Å². The van der Waals surface area contributed by atoms with Crippen LogP contribution >= 0.6 is 0 Å². The monoisotopic (exact) mass is 334 g/mol. The van der Waals surface area contributed by atoms with Gasteiger partial charge in [0.2, 0.25) is 0 Å². The van der Waals surface area contributed by atoms with E-state index in [0.717, 1.165) is 28.5 Å². The molecule has 0 saturated heterocycles. The number of nitrogens with zero attached hydrogens (tertiary/aromatic N) is 3. The first-order valence-corrected chi connectivity index (χ1v) is 10.2. The van der Waals surface area contributed by atoms with Crippen molar-refractivity contribution >= 4 is 20.4 Å². The SMILES string of the molecule is Cn1ccnc1C(=Nc1ccccc1O[Si](C)C)c1ccccc1. The largest absolute Gasteiger partial charge is 0.541 e. The van der Waals surface area contributed by atoms with Gasteiger partial charge in [-0.15, -0.1) is 0 Å². The van der Waals surface area contributed by atoms with E-state index in [4.69, 9.17) is 9.42 Å². The Kier molecular flexibility index (Phi) is 4.91. The second-order valence-electron chi connectivity index (χ2n) is 5.67. The standard InChI is InChI=1S/C19H20N3OSi/c1-22-14-13-20-19(22)18(15-9-5-4-6-10-15)21-16-11-7-8-12-17(16)23-24(2)3/h4-14H,1-3H3. The first kappa shape index (κ1) is 16.2. The van der Waals surface area contributed by atoms with Gasteiger partial charge in [-0.25, -0.2) is 9.98 Å². The Morgan fingerprint density at radius 2 is 1.75 bits per heavy atom. The van der Waals surface area contributed by atoms with Crippen LogP contribution in [0.1, 0.15) is 11.4 Å². The molecule has 3 aromatic rings. The zero-order valence-electron chi connectivity index (χ0n) is 14.1. The normalized spacial score (nSPS) is 11.8. The van der Waals surface area contributed by atoms with Crippen LogP contribution in [-0.4, -0.2) is 24.3 Å². The molecule has 0 fully saturated rings. The van der Waals surface area contributed by atoms with Crippen LogP contribution in [0.25, 0.3) is 0 Å². The average Bonchev–Trinajstić information content (AvgIpc) is 3.00. The van der Waals surface area contributed by atoms with Crippen molar-refractivity contribution in [3.63, 3.8) is 0 Å². The Bertz CT molecular complexity index is 841. The van der Waals surface area contributed by atoms with Gasteiger partial charge in [0.25, 0.3) is 9.04 Å². The summed E-state index contributed by atoms with van der Waals surface area (Å²) in [6.45, 7) is 4.23. The van der Waals surface area contributed by atoms with Crippen molar-refractivity contribution < 1.29 is 4.43 Å². The fourth-order valence-corrected chi connectivity index (χ4v) is 3.02. The molecule has 0 unspecified atom stereocenters. The summed E-state index contributed by atoms with van der Waals surface area (Å²) in [7, 11) is 1.11. The molecule has 0 amide bonds. The summed E-state index contributed by atoms with van der Waals surface area (Å²) < 4.78 is 7.97. The number of para-hydroxylation sites is 2. The van der Waals surface area contributed by atoms with Crippen molar-refractivity contribution in [1.82, 2.24) is 9.55 Å². The molecule has 0 bridgehead atoms. The third-order valence-electron chi connectivity index (χ3n) is 3.49. The Morgan fingerprint density at radius 1 is 1.04 bits per heavy atom. The van der Waals surface area contributed by atoms with Gasteiger partial charge in [-0.1, -0.05) is 42.5 Å². The molecule has 0 aliphatic rings. The molecule has 24 heavy (non-hydrogen) atoms. The predicted octanol–water partition coefficient (Wildman–Crippen LogP) is 4.22. The minimum absolute atomic E-state index is 0.819. The third kappa shape index (κ3) is 3.63. The molecule has 0 N–H and O–H groups in total. The van der Waals surface area contributed by atoms with Crippen LogP contribution in [0.3, 0.4) is 0 Å². The van der Waals surface area contributed by atoms with Crippen LogP contribution in [0, 0.1) is 0 Å². The highest BCUT2D eigenvalue weighted by Gasteiger charge is 2.14. The molecular formula is C19H20N3OSi.